The van der Waals surface area contributed by atoms with Gasteiger partial charge in [0.05, 0.1) is 6.54 Å². The molecule has 1 atom stereocenters. The molecular formula is C14H29IN4O. The predicted octanol–water partition coefficient (Wildman–Crippen LogP) is 1.83. The monoisotopic (exact) mass is 396 g/mol. The van der Waals surface area contributed by atoms with E-state index in [-0.39, 0.29) is 29.9 Å². The topological polar surface area (TPSA) is 56.7 Å². The van der Waals surface area contributed by atoms with Crippen molar-refractivity contribution in [3.8, 4) is 0 Å². The molecule has 0 aromatic rings. The molecule has 0 saturated carbocycles. The molecule has 0 aromatic carbocycles. The summed E-state index contributed by atoms with van der Waals surface area (Å²) in [6, 6.07) is 0. The smallest absolute Gasteiger partial charge is 0.216 e. The minimum absolute atomic E-state index is 0. The van der Waals surface area contributed by atoms with Gasteiger partial charge in [-0.05, 0) is 25.2 Å². The number of carbonyl (C=O) groups is 1. The average Bonchev–Trinajstić information content (AvgIpc) is 2.76. The van der Waals surface area contributed by atoms with Crippen molar-refractivity contribution in [2.45, 2.75) is 40.5 Å². The zero-order valence-corrected chi connectivity index (χ0v) is 15.5. The van der Waals surface area contributed by atoms with Gasteiger partial charge >= 0.3 is 0 Å². The van der Waals surface area contributed by atoms with Crippen LogP contribution in [0.2, 0.25) is 0 Å². The normalized spacial score (nSPS) is 22.4. The van der Waals surface area contributed by atoms with Crippen LogP contribution < -0.4 is 10.6 Å². The lowest BCUT2D eigenvalue weighted by Crippen LogP contribution is -2.41. The van der Waals surface area contributed by atoms with Gasteiger partial charge < -0.3 is 15.5 Å². The molecule has 0 spiro atoms. The highest BCUT2D eigenvalue weighted by Gasteiger charge is 2.33. The molecule has 0 aromatic heterocycles. The third-order valence-electron chi connectivity index (χ3n) is 3.79. The molecule has 1 unspecified atom stereocenters. The highest BCUT2D eigenvalue weighted by atomic mass is 127. The van der Waals surface area contributed by atoms with Crippen LogP contribution in [0.3, 0.4) is 0 Å². The summed E-state index contributed by atoms with van der Waals surface area (Å²) in [5.41, 5.74) is 0.411. The number of likely N-dealkylation sites (tertiary alicyclic amines) is 1. The molecule has 5 nitrogen and oxygen atoms in total. The van der Waals surface area contributed by atoms with Gasteiger partial charge in [0.1, 0.15) is 0 Å². The third-order valence-corrected chi connectivity index (χ3v) is 3.79. The molecule has 1 aliphatic rings. The molecule has 2 N–H and O–H groups in total. The second kappa shape index (κ2) is 9.41. The van der Waals surface area contributed by atoms with Crippen LogP contribution in [0.4, 0.5) is 0 Å². The zero-order valence-electron chi connectivity index (χ0n) is 13.2. The van der Waals surface area contributed by atoms with Crippen molar-refractivity contribution in [2.75, 3.05) is 32.7 Å². The molecule has 1 aliphatic heterocycles. The maximum atomic E-state index is 10.8. The molecule has 1 heterocycles. The first kappa shape index (κ1) is 19.5. The summed E-state index contributed by atoms with van der Waals surface area (Å²) in [5, 5.41) is 6.11. The van der Waals surface area contributed by atoms with Crippen molar-refractivity contribution < 1.29 is 4.79 Å². The van der Waals surface area contributed by atoms with Gasteiger partial charge in [0, 0.05) is 33.1 Å². The van der Waals surface area contributed by atoms with E-state index in [0.717, 1.165) is 25.6 Å². The molecule has 1 amide bonds. The Balaban J connectivity index is 0.00000361. The van der Waals surface area contributed by atoms with Crippen LogP contribution in [0.1, 0.15) is 40.5 Å². The molecule has 1 saturated heterocycles. The lowest BCUT2D eigenvalue weighted by Gasteiger charge is -2.25. The number of halogens is 1. The highest BCUT2D eigenvalue weighted by Crippen LogP contribution is 2.32. The summed E-state index contributed by atoms with van der Waals surface area (Å²) < 4.78 is 0. The first-order valence-corrected chi connectivity index (χ1v) is 7.28. The maximum Gasteiger partial charge on any atom is 0.216 e. The number of hydrogen-bond donors (Lipinski definition) is 2. The number of aliphatic imine (C=N–C) groups is 1. The Bertz CT molecular complexity index is 335. The molecular weight excluding hydrogens is 367 g/mol. The Morgan fingerprint density at radius 1 is 1.35 bits per heavy atom. The van der Waals surface area contributed by atoms with Crippen molar-refractivity contribution in [1.82, 2.24) is 15.5 Å². The fourth-order valence-corrected chi connectivity index (χ4v) is 2.31. The quantitative estimate of drug-likeness (QED) is 0.323. The number of amides is 1. The van der Waals surface area contributed by atoms with Crippen molar-refractivity contribution in [1.29, 1.82) is 0 Å². The van der Waals surface area contributed by atoms with Crippen LogP contribution in [0, 0.1) is 5.41 Å². The van der Waals surface area contributed by atoms with Crippen LogP contribution in [0.15, 0.2) is 4.99 Å². The number of rotatable bonds is 5. The average molecular weight is 396 g/mol. The largest absolute Gasteiger partial charge is 0.357 e. The lowest BCUT2D eigenvalue weighted by molar-refractivity contribution is -0.118. The predicted molar refractivity (Wildman–Crippen MR) is 94.7 cm³/mol. The summed E-state index contributed by atoms with van der Waals surface area (Å²) in [6.07, 6.45) is 2.43. The minimum Gasteiger partial charge on any atom is -0.357 e. The van der Waals surface area contributed by atoms with Crippen molar-refractivity contribution in [2.24, 2.45) is 10.4 Å². The molecule has 6 heteroatoms. The zero-order chi connectivity index (χ0) is 14.3. The number of nitrogens with one attached hydrogen (secondary N) is 2. The fourth-order valence-electron chi connectivity index (χ4n) is 2.31. The van der Waals surface area contributed by atoms with Crippen LogP contribution in [0.25, 0.3) is 0 Å². The summed E-state index contributed by atoms with van der Waals surface area (Å²) in [5.74, 6) is 0.977. The van der Waals surface area contributed by atoms with E-state index < -0.39 is 0 Å². The van der Waals surface area contributed by atoms with E-state index >= 15 is 0 Å². The second-order valence-electron chi connectivity index (χ2n) is 5.55. The summed E-state index contributed by atoms with van der Waals surface area (Å²) in [7, 11) is 0. The summed E-state index contributed by atoms with van der Waals surface area (Å²) >= 11 is 0. The van der Waals surface area contributed by atoms with Crippen molar-refractivity contribution >= 4 is 35.8 Å². The summed E-state index contributed by atoms with van der Waals surface area (Å²) in [4.78, 5) is 17.7. The molecule has 0 radical (unpaired) electrons. The van der Waals surface area contributed by atoms with Gasteiger partial charge in [-0.2, -0.15) is 0 Å². The van der Waals surface area contributed by atoms with Gasteiger partial charge in [-0.3, -0.25) is 9.79 Å². The summed E-state index contributed by atoms with van der Waals surface area (Å²) in [6.45, 7) is 12.4. The van der Waals surface area contributed by atoms with Gasteiger partial charge in [0.2, 0.25) is 5.91 Å². The van der Waals surface area contributed by atoms with Crippen molar-refractivity contribution in [3.63, 3.8) is 0 Å². The minimum atomic E-state index is -0.0000636. The maximum absolute atomic E-state index is 10.8. The van der Waals surface area contributed by atoms with Gasteiger partial charge in [0.15, 0.2) is 5.96 Å². The van der Waals surface area contributed by atoms with Crippen LogP contribution in [-0.4, -0.2) is 49.5 Å². The van der Waals surface area contributed by atoms with Gasteiger partial charge in [0.25, 0.3) is 0 Å². The Morgan fingerprint density at radius 3 is 2.55 bits per heavy atom. The second-order valence-corrected chi connectivity index (χ2v) is 5.55. The number of hydrogen-bond acceptors (Lipinski definition) is 2. The van der Waals surface area contributed by atoms with Gasteiger partial charge in [-0.25, -0.2) is 0 Å². The van der Waals surface area contributed by atoms with E-state index in [1.807, 2.05) is 0 Å². The molecule has 0 bridgehead atoms. The third kappa shape index (κ3) is 6.28. The van der Waals surface area contributed by atoms with Crippen LogP contribution in [-0.2, 0) is 4.79 Å². The first-order chi connectivity index (χ1) is 9.00. The number of guanidine groups is 1. The Hall–Kier alpha value is -0.530. The molecule has 20 heavy (non-hydrogen) atoms. The Labute approximate surface area is 140 Å². The molecule has 118 valence electrons. The Morgan fingerprint density at radius 2 is 2.05 bits per heavy atom. The van der Waals surface area contributed by atoms with E-state index in [0.29, 0.717) is 18.5 Å². The SMILES string of the molecule is CCNC(=NCCNC(C)=O)N1CCC(C)(CC)C1.I. The first-order valence-electron chi connectivity index (χ1n) is 7.28. The molecule has 0 aliphatic carbocycles. The van der Waals surface area contributed by atoms with Crippen LogP contribution >= 0.6 is 24.0 Å². The van der Waals surface area contributed by atoms with Gasteiger partial charge in [-0.1, -0.05) is 13.8 Å². The van der Waals surface area contributed by atoms with E-state index in [1.165, 1.54) is 19.8 Å². The number of nitrogens with zero attached hydrogens (tertiary/aromatic N) is 2. The van der Waals surface area contributed by atoms with Crippen LogP contribution in [0.5, 0.6) is 0 Å². The standard InChI is InChI=1S/C14H28N4O.HI/c1-5-14(4)7-10-18(11-14)13(15-6-2)17-9-8-16-12(3)19;/h5-11H2,1-4H3,(H,15,17)(H,16,19);1H. The Kier molecular flexibility index (Phi) is 9.16. The highest BCUT2D eigenvalue weighted by molar-refractivity contribution is 14.0. The molecule has 1 fully saturated rings. The lowest BCUT2D eigenvalue weighted by atomic mass is 9.87. The van der Waals surface area contributed by atoms with E-state index in [2.05, 4.69) is 41.3 Å². The molecule has 1 rings (SSSR count). The van der Waals surface area contributed by atoms with E-state index in [1.54, 1.807) is 0 Å². The van der Waals surface area contributed by atoms with Gasteiger partial charge in [-0.15, -0.1) is 24.0 Å². The van der Waals surface area contributed by atoms with Crippen molar-refractivity contribution in [3.05, 3.63) is 0 Å². The fraction of sp³-hybridized carbons (Fsp3) is 0.857. The number of carbonyl (C=O) groups excluding carboxylic acids is 1. The van der Waals surface area contributed by atoms with E-state index in [4.69, 9.17) is 0 Å². The van der Waals surface area contributed by atoms with E-state index in [9.17, 15) is 4.79 Å².